The Morgan fingerprint density at radius 3 is 2.85 bits per heavy atom. The Kier molecular flexibility index (Phi) is 5.43. The number of benzene rings is 2. The van der Waals surface area contributed by atoms with E-state index in [2.05, 4.69) is 16.3 Å². The number of carbonyl (C=O) groups is 1. The van der Waals surface area contributed by atoms with Gasteiger partial charge in [-0.05, 0) is 42.8 Å². The van der Waals surface area contributed by atoms with E-state index in [9.17, 15) is 4.79 Å². The van der Waals surface area contributed by atoms with E-state index in [1.807, 2.05) is 43.0 Å². The Morgan fingerprint density at radius 1 is 1.22 bits per heavy atom. The van der Waals surface area contributed by atoms with E-state index in [-0.39, 0.29) is 5.91 Å². The number of thioether (sulfide) groups is 1. The molecule has 3 aromatic rings. The van der Waals surface area contributed by atoms with Crippen LogP contribution in [0.2, 0.25) is 5.02 Å². The molecule has 0 bridgehead atoms. The van der Waals surface area contributed by atoms with Crippen LogP contribution >= 0.6 is 23.4 Å². The van der Waals surface area contributed by atoms with Gasteiger partial charge >= 0.3 is 0 Å². The van der Waals surface area contributed by atoms with Crippen LogP contribution in [0.15, 0.2) is 46.9 Å². The minimum atomic E-state index is -0.244. The molecule has 140 valence electrons. The highest BCUT2D eigenvalue weighted by Crippen LogP contribution is 2.28. The van der Waals surface area contributed by atoms with Crippen molar-refractivity contribution in [3.8, 4) is 0 Å². The monoisotopic (exact) mass is 400 g/mol. The van der Waals surface area contributed by atoms with Crippen LogP contribution in [0.1, 0.15) is 21.7 Å². The maximum absolute atomic E-state index is 12.7. The summed E-state index contributed by atoms with van der Waals surface area (Å²) < 4.78 is 5.76. The molecule has 1 saturated heterocycles. The molecule has 27 heavy (non-hydrogen) atoms. The van der Waals surface area contributed by atoms with Crippen molar-refractivity contribution in [2.75, 3.05) is 29.9 Å². The molecule has 6 heteroatoms. The molecule has 0 atom stereocenters. The van der Waals surface area contributed by atoms with Gasteiger partial charge < -0.3 is 9.73 Å². The lowest BCUT2D eigenvalue weighted by molar-refractivity contribution is 0.0998. The molecule has 4 nitrogen and oxygen atoms in total. The summed E-state index contributed by atoms with van der Waals surface area (Å²) in [4.78, 5) is 15.2. The summed E-state index contributed by atoms with van der Waals surface area (Å²) in [5.41, 5.74) is 3.44. The van der Waals surface area contributed by atoms with E-state index in [1.54, 1.807) is 12.1 Å². The van der Waals surface area contributed by atoms with Gasteiger partial charge in [0.1, 0.15) is 5.58 Å². The molecule has 2 aromatic carbocycles. The molecule has 0 spiro atoms. The number of nitrogens with one attached hydrogen (secondary N) is 1. The van der Waals surface area contributed by atoms with E-state index in [4.69, 9.17) is 16.0 Å². The molecule has 0 aliphatic carbocycles. The molecule has 2 heterocycles. The first-order valence-corrected chi connectivity index (χ1v) is 10.5. The fourth-order valence-corrected chi connectivity index (χ4v) is 4.51. The molecule has 4 rings (SSSR count). The van der Waals surface area contributed by atoms with Gasteiger partial charge in [-0.3, -0.25) is 9.69 Å². The molecule has 1 amide bonds. The summed E-state index contributed by atoms with van der Waals surface area (Å²) in [5.74, 6) is 2.45. The van der Waals surface area contributed by atoms with Gasteiger partial charge in [-0.25, -0.2) is 0 Å². The van der Waals surface area contributed by atoms with Gasteiger partial charge in [0.05, 0.1) is 0 Å². The maximum Gasteiger partial charge on any atom is 0.291 e. The largest absolute Gasteiger partial charge is 0.451 e. The molecule has 1 aliphatic heterocycles. The highest BCUT2D eigenvalue weighted by molar-refractivity contribution is 7.99. The number of fused-ring (bicyclic) bond motifs is 1. The maximum atomic E-state index is 12.7. The highest BCUT2D eigenvalue weighted by Gasteiger charge is 2.18. The standard InChI is InChI=1S/C21H21ClN2O2S/c1-14-18-12-16(22)5-6-19(18)26-20(14)21(25)23-17-4-2-3-15(11-17)13-24-7-9-27-10-8-24/h2-6,11-12H,7-10,13H2,1H3,(H,23,25). The molecular weight excluding hydrogens is 380 g/mol. The van der Waals surface area contributed by atoms with Crippen molar-refractivity contribution in [2.45, 2.75) is 13.5 Å². The fraction of sp³-hybridized carbons (Fsp3) is 0.286. The third-order valence-electron chi connectivity index (χ3n) is 4.80. The zero-order chi connectivity index (χ0) is 18.8. The minimum absolute atomic E-state index is 0.244. The average Bonchev–Trinajstić information content (AvgIpc) is 2.99. The summed E-state index contributed by atoms with van der Waals surface area (Å²) in [5, 5.41) is 4.46. The van der Waals surface area contributed by atoms with Crippen molar-refractivity contribution in [2.24, 2.45) is 0 Å². The number of nitrogens with zero attached hydrogens (tertiary/aromatic N) is 1. The first-order valence-electron chi connectivity index (χ1n) is 8.99. The van der Waals surface area contributed by atoms with Crippen LogP contribution in [-0.4, -0.2) is 35.4 Å². The quantitative estimate of drug-likeness (QED) is 0.654. The second-order valence-electron chi connectivity index (χ2n) is 6.74. The van der Waals surface area contributed by atoms with E-state index < -0.39 is 0 Å². The highest BCUT2D eigenvalue weighted by atomic mass is 35.5. The van der Waals surface area contributed by atoms with Gasteiger partial charge in [-0.15, -0.1) is 0 Å². The van der Waals surface area contributed by atoms with E-state index in [1.165, 1.54) is 17.1 Å². The first kappa shape index (κ1) is 18.4. The zero-order valence-corrected chi connectivity index (χ0v) is 16.7. The topological polar surface area (TPSA) is 45.5 Å². The van der Waals surface area contributed by atoms with Gasteiger partial charge in [0.25, 0.3) is 5.91 Å². The predicted octanol–water partition coefficient (Wildman–Crippen LogP) is 5.20. The fourth-order valence-electron chi connectivity index (χ4n) is 3.36. The predicted molar refractivity (Wildman–Crippen MR) is 113 cm³/mol. The van der Waals surface area contributed by atoms with Crippen LogP contribution in [0.25, 0.3) is 11.0 Å². The van der Waals surface area contributed by atoms with Crippen molar-refractivity contribution in [3.05, 3.63) is 64.4 Å². The lowest BCUT2D eigenvalue weighted by Crippen LogP contribution is -2.31. The molecule has 1 aliphatic rings. The van der Waals surface area contributed by atoms with Crippen molar-refractivity contribution >= 4 is 45.9 Å². The molecule has 1 N–H and O–H groups in total. The van der Waals surface area contributed by atoms with Crippen LogP contribution in [-0.2, 0) is 6.54 Å². The Bertz CT molecular complexity index is 979. The molecule has 0 unspecified atom stereocenters. The van der Waals surface area contributed by atoms with Crippen molar-refractivity contribution in [3.63, 3.8) is 0 Å². The number of carbonyl (C=O) groups excluding carboxylic acids is 1. The number of amides is 1. The lowest BCUT2D eigenvalue weighted by atomic mass is 10.1. The molecule has 1 fully saturated rings. The van der Waals surface area contributed by atoms with E-state index in [0.717, 1.165) is 36.3 Å². The summed E-state index contributed by atoms with van der Waals surface area (Å²) in [6, 6.07) is 13.4. The molecule has 0 radical (unpaired) electrons. The number of halogens is 1. The number of aryl methyl sites for hydroxylation is 1. The summed E-state index contributed by atoms with van der Waals surface area (Å²) in [6.07, 6.45) is 0. The zero-order valence-electron chi connectivity index (χ0n) is 15.1. The van der Waals surface area contributed by atoms with Gasteiger partial charge in [0, 0.05) is 52.8 Å². The van der Waals surface area contributed by atoms with Crippen LogP contribution in [0.4, 0.5) is 5.69 Å². The number of rotatable bonds is 4. The summed E-state index contributed by atoms with van der Waals surface area (Å²) in [6.45, 7) is 5.01. The first-order chi connectivity index (χ1) is 13.1. The van der Waals surface area contributed by atoms with E-state index in [0.29, 0.717) is 16.4 Å². The van der Waals surface area contributed by atoms with Gasteiger partial charge in [-0.2, -0.15) is 11.8 Å². The van der Waals surface area contributed by atoms with Crippen LogP contribution in [0.5, 0.6) is 0 Å². The SMILES string of the molecule is Cc1c(C(=O)Nc2cccc(CN3CCSCC3)c2)oc2ccc(Cl)cc12. The van der Waals surface area contributed by atoms with Crippen molar-refractivity contribution in [1.82, 2.24) is 4.90 Å². The minimum Gasteiger partial charge on any atom is -0.451 e. The second-order valence-corrected chi connectivity index (χ2v) is 8.40. The van der Waals surface area contributed by atoms with Crippen molar-refractivity contribution in [1.29, 1.82) is 0 Å². The van der Waals surface area contributed by atoms with Crippen LogP contribution in [0, 0.1) is 6.92 Å². The molecule has 0 saturated carbocycles. The lowest BCUT2D eigenvalue weighted by Gasteiger charge is -2.26. The molecular formula is C21H21ClN2O2S. The number of furan rings is 1. The third-order valence-corrected chi connectivity index (χ3v) is 5.98. The summed E-state index contributed by atoms with van der Waals surface area (Å²) in [7, 11) is 0. The molecule has 1 aromatic heterocycles. The Balaban J connectivity index is 1.51. The number of hydrogen-bond donors (Lipinski definition) is 1. The number of anilines is 1. The normalized spacial score (nSPS) is 15.2. The summed E-state index contributed by atoms with van der Waals surface area (Å²) >= 11 is 8.06. The van der Waals surface area contributed by atoms with Crippen molar-refractivity contribution < 1.29 is 9.21 Å². The Labute approximate surface area is 167 Å². The van der Waals surface area contributed by atoms with Gasteiger partial charge in [-0.1, -0.05) is 23.7 Å². The van der Waals surface area contributed by atoms with E-state index >= 15 is 0 Å². The Hall–Kier alpha value is -1.95. The van der Waals surface area contributed by atoms with Gasteiger partial charge in [0.15, 0.2) is 5.76 Å². The second kappa shape index (κ2) is 7.97. The average molecular weight is 401 g/mol. The van der Waals surface area contributed by atoms with Gasteiger partial charge in [0.2, 0.25) is 0 Å². The van der Waals surface area contributed by atoms with Crippen LogP contribution in [0.3, 0.4) is 0 Å². The Morgan fingerprint density at radius 2 is 2.04 bits per heavy atom. The third kappa shape index (κ3) is 4.15. The number of hydrogen-bond acceptors (Lipinski definition) is 4. The van der Waals surface area contributed by atoms with Crippen LogP contribution < -0.4 is 5.32 Å². The smallest absolute Gasteiger partial charge is 0.291 e.